The van der Waals surface area contributed by atoms with Crippen molar-refractivity contribution in [3.8, 4) is 11.5 Å². The van der Waals surface area contributed by atoms with Crippen LogP contribution >= 0.6 is 27.5 Å². The van der Waals surface area contributed by atoms with Crippen LogP contribution in [0.3, 0.4) is 0 Å². The molecule has 6 heteroatoms. The molecule has 2 aromatic rings. The summed E-state index contributed by atoms with van der Waals surface area (Å²) in [5, 5.41) is 0.557. The maximum absolute atomic E-state index is 6.30. The third kappa shape index (κ3) is 2.61. The zero-order valence-electron chi connectivity index (χ0n) is 10.5. The average molecular weight is 356 g/mol. The Bertz CT molecular complexity index is 651. The summed E-state index contributed by atoms with van der Waals surface area (Å²) in [6.45, 7) is 1.06. The fourth-order valence-corrected chi connectivity index (χ4v) is 2.75. The molecule has 0 radical (unpaired) electrons. The number of hydrogen-bond donors (Lipinski definition) is 1. The van der Waals surface area contributed by atoms with Crippen molar-refractivity contribution >= 4 is 27.5 Å². The predicted molar refractivity (Wildman–Crippen MR) is 80.4 cm³/mol. The predicted octanol–water partition coefficient (Wildman–Crippen LogP) is 3.32. The number of hydrogen-bond acceptors (Lipinski definition) is 4. The van der Waals surface area contributed by atoms with Crippen LogP contribution < -0.4 is 15.2 Å². The lowest BCUT2D eigenvalue weighted by molar-refractivity contribution is 0.171. The van der Waals surface area contributed by atoms with Gasteiger partial charge in [0.25, 0.3) is 0 Å². The second-order valence-electron chi connectivity index (χ2n) is 4.43. The molecule has 1 aliphatic heterocycles. The Morgan fingerprint density at radius 3 is 2.55 bits per heavy atom. The number of nitrogens with zero attached hydrogens (tertiary/aromatic N) is 1. The number of rotatable bonds is 2. The number of nitrogens with two attached hydrogens (primary N) is 1. The molecule has 0 bridgehead atoms. The first kappa shape index (κ1) is 13.7. The van der Waals surface area contributed by atoms with Gasteiger partial charge < -0.3 is 15.2 Å². The molecule has 0 fully saturated rings. The van der Waals surface area contributed by atoms with Crippen LogP contribution in [-0.2, 0) is 0 Å². The zero-order chi connectivity index (χ0) is 14.1. The van der Waals surface area contributed by atoms with Gasteiger partial charge in [-0.1, -0.05) is 11.6 Å². The van der Waals surface area contributed by atoms with Gasteiger partial charge in [0.15, 0.2) is 11.5 Å². The normalized spacial score (nSPS) is 14.9. The van der Waals surface area contributed by atoms with Crippen molar-refractivity contribution in [1.29, 1.82) is 0 Å². The molecule has 1 unspecified atom stereocenters. The lowest BCUT2D eigenvalue weighted by Crippen LogP contribution is -2.17. The Morgan fingerprint density at radius 2 is 1.85 bits per heavy atom. The number of pyridine rings is 1. The Balaban J connectivity index is 2.01. The van der Waals surface area contributed by atoms with Gasteiger partial charge in [0.2, 0.25) is 0 Å². The van der Waals surface area contributed by atoms with Crippen molar-refractivity contribution in [2.45, 2.75) is 6.04 Å². The van der Waals surface area contributed by atoms with E-state index >= 15 is 0 Å². The standard InChI is InChI=1S/C14H12BrClN2O2/c15-9-3-8(6-18-7-9)14(17)10-4-12-13(5-11(10)16)20-2-1-19-12/h3-7,14H,1-2,17H2. The summed E-state index contributed by atoms with van der Waals surface area (Å²) < 4.78 is 11.9. The molecular weight excluding hydrogens is 344 g/mol. The molecule has 1 aromatic heterocycles. The molecule has 1 aromatic carbocycles. The molecule has 4 nitrogen and oxygen atoms in total. The van der Waals surface area contributed by atoms with Crippen molar-refractivity contribution in [3.63, 3.8) is 0 Å². The Labute approximate surface area is 130 Å². The minimum atomic E-state index is -0.372. The molecule has 1 atom stereocenters. The zero-order valence-corrected chi connectivity index (χ0v) is 12.8. The topological polar surface area (TPSA) is 57.4 Å². The van der Waals surface area contributed by atoms with E-state index in [1.54, 1.807) is 18.5 Å². The van der Waals surface area contributed by atoms with Crippen molar-refractivity contribution in [2.24, 2.45) is 5.73 Å². The van der Waals surface area contributed by atoms with Crippen LogP contribution in [-0.4, -0.2) is 18.2 Å². The number of halogens is 2. The van der Waals surface area contributed by atoms with Gasteiger partial charge >= 0.3 is 0 Å². The van der Waals surface area contributed by atoms with Crippen LogP contribution in [0.4, 0.5) is 0 Å². The highest BCUT2D eigenvalue weighted by Crippen LogP contribution is 2.38. The molecule has 104 valence electrons. The number of aromatic nitrogens is 1. The second kappa shape index (κ2) is 5.60. The van der Waals surface area contributed by atoms with Crippen LogP contribution in [0.15, 0.2) is 35.1 Å². The van der Waals surface area contributed by atoms with E-state index in [4.69, 9.17) is 26.8 Å². The van der Waals surface area contributed by atoms with Gasteiger partial charge in [-0.15, -0.1) is 0 Å². The van der Waals surface area contributed by atoms with Gasteiger partial charge in [0, 0.05) is 28.0 Å². The summed E-state index contributed by atoms with van der Waals surface area (Å²) in [6.07, 6.45) is 3.43. The SMILES string of the molecule is NC(c1cncc(Br)c1)c1cc2c(cc1Cl)OCCO2. The van der Waals surface area contributed by atoms with Gasteiger partial charge in [0.1, 0.15) is 13.2 Å². The van der Waals surface area contributed by atoms with Gasteiger partial charge in [-0.2, -0.15) is 0 Å². The van der Waals surface area contributed by atoms with Crippen LogP contribution in [0, 0.1) is 0 Å². The van der Waals surface area contributed by atoms with Gasteiger partial charge in [-0.05, 0) is 39.2 Å². The molecule has 3 rings (SSSR count). The van der Waals surface area contributed by atoms with E-state index in [9.17, 15) is 0 Å². The van der Waals surface area contributed by atoms with Crippen LogP contribution in [0.5, 0.6) is 11.5 Å². The minimum absolute atomic E-state index is 0.372. The molecule has 0 amide bonds. The highest BCUT2D eigenvalue weighted by atomic mass is 79.9. The monoisotopic (exact) mass is 354 g/mol. The Morgan fingerprint density at radius 1 is 1.15 bits per heavy atom. The molecular formula is C14H12BrClN2O2. The molecule has 1 aliphatic rings. The van der Waals surface area contributed by atoms with Crippen LogP contribution in [0.25, 0.3) is 0 Å². The Kier molecular flexibility index (Phi) is 3.83. The molecule has 2 heterocycles. The van der Waals surface area contributed by atoms with Crippen LogP contribution in [0.1, 0.15) is 17.2 Å². The third-order valence-corrected chi connectivity index (χ3v) is 3.84. The largest absolute Gasteiger partial charge is 0.486 e. The summed E-state index contributed by atoms with van der Waals surface area (Å²) in [4.78, 5) is 4.12. The van der Waals surface area contributed by atoms with Crippen LogP contribution in [0.2, 0.25) is 5.02 Å². The first-order valence-electron chi connectivity index (χ1n) is 6.10. The average Bonchev–Trinajstić information content (AvgIpc) is 2.46. The minimum Gasteiger partial charge on any atom is -0.486 e. The highest BCUT2D eigenvalue weighted by molar-refractivity contribution is 9.10. The quantitative estimate of drug-likeness (QED) is 0.898. The molecule has 20 heavy (non-hydrogen) atoms. The summed E-state index contributed by atoms with van der Waals surface area (Å²) in [7, 11) is 0. The van der Waals surface area contributed by atoms with E-state index in [1.165, 1.54) is 0 Å². The molecule has 2 N–H and O–H groups in total. The fraction of sp³-hybridized carbons (Fsp3) is 0.214. The maximum Gasteiger partial charge on any atom is 0.162 e. The third-order valence-electron chi connectivity index (χ3n) is 3.08. The number of benzene rings is 1. The lowest BCUT2D eigenvalue weighted by atomic mass is 10.0. The van der Waals surface area contributed by atoms with Crippen molar-refractivity contribution in [2.75, 3.05) is 13.2 Å². The van der Waals surface area contributed by atoms with E-state index in [-0.39, 0.29) is 6.04 Å². The van der Waals surface area contributed by atoms with Gasteiger partial charge in [0.05, 0.1) is 6.04 Å². The summed E-state index contributed by atoms with van der Waals surface area (Å²) in [5.74, 6) is 1.33. The van der Waals surface area contributed by atoms with E-state index in [1.807, 2.05) is 12.1 Å². The summed E-state index contributed by atoms with van der Waals surface area (Å²) in [5.41, 5.74) is 7.94. The first-order chi connectivity index (χ1) is 9.65. The van der Waals surface area contributed by atoms with Gasteiger partial charge in [-0.3, -0.25) is 4.98 Å². The smallest absolute Gasteiger partial charge is 0.162 e. The van der Waals surface area contributed by atoms with E-state index < -0.39 is 0 Å². The van der Waals surface area contributed by atoms with E-state index in [0.29, 0.717) is 29.7 Å². The number of fused-ring (bicyclic) bond motifs is 1. The van der Waals surface area contributed by atoms with Crippen molar-refractivity contribution in [3.05, 3.63) is 51.2 Å². The van der Waals surface area contributed by atoms with Gasteiger partial charge in [-0.25, -0.2) is 0 Å². The molecule has 0 spiro atoms. The number of ether oxygens (including phenoxy) is 2. The molecule has 0 saturated carbocycles. The van der Waals surface area contributed by atoms with E-state index in [2.05, 4.69) is 20.9 Å². The summed E-state index contributed by atoms with van der Waals surface area (Å²) in [6, 6.07) is 5.13. The molecule has 0 saturated heterocycles. The Hall–Kier alpha value is -1.30. The summed E-state index contributed by atoms with van der Waals surface area (Å²) >= 11 is 9.68. The van der Waals surface area contributed by atoms with E-state index in [0.717, 1.165) is 15.6 Å². The van der Waals surface area contributed by atoms with Crippen molar-refractivity contribution < 1.29 is 9.47 Å². The first-order valence-corrected chi connectivity index (χ1v) is 7.27. The highest BCUT2D eigenvalue weighted by Gasteiger charge is 2.19. The van der Waals surface area contributed by atoms with Crippen molar-refractivity contribution in [1.82, 2.24) is 4.98 Å². The maximum atomic E-state index is 6.30. The molecule has 0 aliphatic carbocycles. The lowest BCUT2D eigenvalue weighted by Gasteiger charge is -2.22. The second-order valence-corrected chi connectivity index (χ2v) is 5.75. The fourth-order valence-electron chi connectivity index (χ4n) is 2.10.